The SMILES string of the molecule is C[C@@H](N)[C@H]1CCCCN1S(=O)(=O)c1cn(C)c(Cl)n1. The number of nitrogens with zero attached hydrogens (tertiary/aromatic N) is 3. The van der Waals surface area contributed by atoms with Crippen LogP contribution in [0.5, 0.6) is 0 Å². The smallest absolute Gasteiger partial charge is 0.262 e. The summed E-state index contributed by atoms with van der Waals surface area (Å²) >= 11 is 5.82. The maximum atomic E-state index is 12.6. The predicted molar refractivity (Wildman–Crippen MR) is 73.4 cm³/mol. The molecular weight excluding hydrogens is 288 g/mol. The van der Waals surface area contributed by atoms with Crippen LogP contribution in [0.25, 0.3) is 0 Å². The van der Waals surface area contributed by atoms with Gasteiger partial charge in [-0.2, -0.15) is 4.31 Å². The third-order valence-electron chi connectivity index (χ3n) is 3.48. The van der Waals surface area contributed by atoms with Gasteiger partial charge in [-0.15, -0.1) is 0 Å². The van der Waals surface area contributed by atoms with Gasteiger partial charge in [0.15, 0.2) is 5.03 Å². The highest BCUT2D eigenvalue weighted by Gasteiger charge is 2.36. The molecule has 0 aliphatic carbocycles. The van der Waals surface area contributed by atoms with Crippen LogP contribution in [-0.2, 0) is 17.1 Å². The molecular formula is C11H19ClN4O2S. The summed E-state index contributed by atoms with van der Waals surface area (Å²) in [5.74, 6) is 0. The lowest BCUT2D eigenvalue weighted by Crippen LogP contribution is -2.51. The van der Waals surface area contributed by atoms with E-state index in [1.807, 2.05) is 6.92 Å². The van der Waals surface area contributed by atoms with E-state index in [1.165, 1.54) is 15.1 Å². The lowest BCUT2D eigenvalue weighted by atomic mass is 10.00. The maximum absolute atomic E-state index is 12.6. The fourth-order valence-corrected chi connectivity index (χ4v) is 4.36. The van der Waals surface area contributed by atoms with Crippen LogP contribution in [0, 0.1) is 0 Å². The fraction of sp³-hybridized carbons (Fsp3) is 0.727. The van der Waals surface area contributed by atoms with Crippen molar-refractivity contribution in [3.63, 3.8) is 0 Å². The van der Waals surface area contributed by atoms with Crippen molar-refractivity contribution < 1.29 is 8.42 Å². The van der Waals surface area contributed by atoms with Gasteiger partial charge in [-0.25, -0.2) is 13.4 Å². The van der Waals surface area contributed by atoms with Gasteiger partial charge >= 0.3 is 0 Å². The zero-order chi connectivity index (χ0) is 14.2. The molecule has 0 saturated carbocycles. The van der Waals surface area contributed by atoms with E-state index in [-0.39, 0.29) is 22.4 Å². The second-order valence-electron chi connectivity index (χ2n) is 5.00. The van der Waals surface area contributed by atoms with Crippen LogP contribution in [0.1, 0.15) is 26.2 Å². The molecule has 1 fully saturated rings. The van der Waals surface area contributed by atoms with Crippen molar-refractivity contribution in [2.45, 2.75) is 43.3 Å². The first kappa shape index (κ1) is 14.8. The first-order valence-electron chi connectivity index (χ1n) is 6.30. The molecule has 108 valence electrons. The molecule has 1 aliphatic rings. The monoisotopic (exact) mass is 306 g/mol. The Kier molecular flexibility index (Phi) is 4.20. The molecule has 1 saturated heterocycles. The highest BCUT2D eigenvalue weighted by molar-refractivity contribution is 7.89. The average Bonchev–Trinajstić information content (AvgIpc) is 2.70. The molecule has 2 atom stereocenters. The molecule has 8 heteroatoms. The first-order chi connectivity index (χ1) is 8.84. The first-order valence-corrected chi connectivity index (χ1v) is 8.12. The van der Waals surface area contributed by atoms with Crippen LogP contribution in [0.3, 0.4) is 0 Å². The number of piperidine rings is 1. The Balaban J connectivity index is 2.37. The molecule has 1 aromatic rings. The van der Waals surface area contributed by atoms with E-state index in [4.69, 9.17) is 17.3 Å². The Morgan fingerprint density at radius 1 is 1.53 bits per heavy atom. The number of aromatic nitrogens is 2. The summed E-state index contributed by atoms with van der Waals surface area (Å²) in [6.45, 7) is 2.33. The van der Waals surface area contributed by atoms with E-state index < -0.39 is 10.0 Å². The Bertz CT molecular complexity index is 536. The summed E-state index contributed by atoms with van der Waals surface area (Å²) in [6.07, 6.45) is 4.08. The molecule has 0 amide bonds. The molecule has 0 bridgehead atoms. The van der Waals surface area contributed by atoms with Crippen LogP contribution >= 0.6 is 11.6 Å². The quantitative estimate of drug-likeness (QED) is 0.902. The molecule has 6 nitrogen and oxygen atoms in total. The lowest BCUT2D eigenvalue weighted by Gasteiger charge is -2.36. The van der Waals surface area contributed by atoms with E-state index in [1.54, 1.807) is 7.05 Å². The van der Waals surface area contributed by atoms with Crippen molar-refractivity contribution in [2.24, 2.45) is 12.8 Å². The number of sulfonamides is 1. The van der Waals surface area contributed by atoms with E-state index in [0.717, 1.165) is 19.3 Å². The van der Waals surface area contributed by atoms with Gasteiger partial charge in [-0.1, -0.05) is 6.42 Å². The Morgan fingerprint density at radius 3 is 2.74 bits per heavy atom. The van der Waals surface area contributed by atoms with Crippen LogP contribution < -0.4 is 5.73 Å². The van der Waals surface area contributed by atoms with Crippen LogP contribution in [-0.4, -0.2) is 40.9 Å². The van der Waals surface area contributed by atoms with Crippen molar-refractivity contribution in [3.05, 3.63) is 11.5 Å². The van der Waals surface area contributed by atoms with Gasteiger partial charge in [-0.3, -0.25) is 0 Å². The molecule has 0 radical (unpaired) electrons. The Hall–Kier alpha value is -0.630. The summed E-state index contributed by atoms with van der Waals surface area (Å²) < 4.78 is 28.2. The van der Waals surface area contributed by atoms with Crippen molar-refractivity contribution in [1.29, 1.82) is 0 Å². The molecule has 0 unspecified atom stereocenters. The standard InChI is InChI=1S/C11H19ClN4O2S/c1-8(13)9-5-3-4-6-16(9)19(17,18)10-7-15(2)11(12)14-10/h7-9H,3-6,13H2,1-2H3/t8-,9-/m1/s1. The van der Waals surface area contributed by atoms with Crippen LogP contribution in [0.15, 0.2) is 11.2 Å². The number of imidazole rings is 1. The Labute approximate surface area is 118 Å². The van der Waals surface area contributed by atoms with Crippen molar-refractivity contribution in [1.82, 2.24) is 13.9 Å². The molecule has 2 heterocycles. The third kappa shape index (κ3) is 2.79. The van der Waals surface area contributed by atoms with E-state index in [0.29, 0.717) is 6.54 Å². The zero-order valence-corrected chi connectivity index (χ0v) is 12.7. The molecule has 2 N–H and O–H groups in total. The number of hydrogen-bond acceptors (Lipinski definition) is 4. The summed E-state index contributed by atoms with van der Waals surface area (Å²) in [5.41, 5.74) is 5.91. The summed E-state index contributed by atoms with van der Waals surface area (Å²) in [7, 11) is -1.96. The zero-order valence-electron chi connectivity index (χ0n) is 11.1. The van der Waals surface area contributed by atoms with Gasteiger partial charge in [0.1, 0.15) is 0 Å². The van der Waals surface area contributed by atoms with Gasteiger partial charge < -0.3 is 10.3 Å². The average molecular weight is 307 g/mol. The number of hydrogen-bond donors (Lipinski definition) is 1. The highest BCUT2D eigenvalue weighted by atomic mass is 35.5. The van der Waals surface area contributed by atoms with E-state index in [2.05, 4.69) is 4.98 Å². The van der Waals surface area contributed by atoms with Crippen molar-refractivity contribution in [2.75, 3.05) is 6.54 Å². The summed E-state index contributed by atoms with van der Waals surface area (Å²) in [4.78, 5) is 3.91. The van der Waals surface area contributed by atoms with E-state index >= 15 is 0 Å². The molecule has 2 rings (SSSR count). The van der Waals surface area contributed by atoms with Gasteiger partial charge in [0.05, 0.1) is 0 Å². The largest absolute Gasteiger partial charge is 0.326 e. The molecule has 1 aliphatic heterocycles. The fourth-order valence-electron chi connectivity index (χ4n) is 2.42. The number of aryl methyl sites for hydroxylation is 1. The topological polar surface area (TPSA) is 81.2 Å². The molecule has 0 spiro atoms. The van der Waals surface area contributed by atoms with Gasteiger partial charge in [0.2, 0.25) is 5.28 Å². The highest BCUT2D eigenvalue weighted by Crippen LogP contribution is 2.26. The van der Waals surface area contributed by atoms with Crippen molar-refractivity contribution >= 4 is 21.6 Å². The summed E-state index contributed by atoms with van der Waals surface area (Å²) in [6, 6.07) is -0.367. The molecule has 1 aromatic heterocycles. The predicted octanol–water partition coefficient (Wildman–Crippen LogP) is 0.964. The molecule has 19 heavy (non-hydrogen) atoms. The van der Waals surface area contributed by atoms with Crippen LogP contribution in [0.4, 0.5) is 0 Å². The van der Waals surface area contributed by atoms with Gasteiger partial charge in [-0.05, 0) is 31.4 Å². The summed E-state index contributed by atoms with van der Waals surface area (Å²) in [5, 5.41) is 0.153. The minimum atomic E-state index is -3.62. The minimum absolute atomic E-state index is 0.00690. The second kappa shape index (κ2) is 5.40. The van der Waals surface area contributed by atoms with Gasteiger partial charge in [0, 0.05) is 31.9 Å². The lowest BCUT2D eigenvalue weighted by molar-refractivity contribution is 0.227. The number of nitrogens with two attached hydrogens (primary N) is 1. The number of rotatable bonds is 3. The normalized spacial score (nSPS) is 23.5. The van der Waals surface area contributed by atoms with Crippen molar-refractivity contribution in [3.8, 4) is 0 Å². The van der Waals surface area contributed by atoms with Gasteiger partial charge in [0.25, 0.3) is 10.0 Å². The van der Waals surface area contributed by atoms with E-state index in [9.17, 15) is 8.42 Å². The molecule has 0 aromatic carbocycles. The third-order valence-corrected chi connectivity index (χ3v) is 5.62. The minimum Gasteiger partial charge on any atom is -0.326 e. The van der Waals surface area contributed by atoms with Crippen LogP contribution in [0.2, 0.25) is 5.28 Å². The second-order valence-corrected chi connectivity index (χ2v) is 7.17. The Morgan fingerprint density at radius 2 is 2.21 bits per heavy atom. The number of halogens is 1. The maximum Gasteiger partial charge on any atom is 0.262 e.